The van der Waals surface area contributed by atoms with Crippen molar-refractivity contribution in [1.29, 1.82) is 0 Å². The number of halogens is 2. The van der Waals surface area contributed by atoms with Crippen molar-refractivity contribution in [2.45, 2.75) is 6.61 Å². The van der Waals surface area contributed by atoms with Crippen LogP contribution in [0.4, 0.5) is 0 Å². The Morgan fingerprint density at radius 2 is 1.73 bits per heavy atom. The van der Waals surface area contributed by atoms with E-state index in [2.05, 4.69) is 5.10 Å². The summed E-state index contributed by atoms with van der Waals surface area (Å²) >= 11 is 12.4. The maximum atomic E-state index is 13.6. The third-order valence-electron chi connectivity index (χ3n) is 6.28. The summed E-state index contributed by atoms with van der Waals surface area (Å²) in [5, 5.41) is 6.91. The Morgan fingerprint density at radius 3 is 2.52 bits per heavy atom. The van der Waals surface area contributed by atoms with E-state index in [0.717, 1.165) is 10.9 Å². The first kappa shape index (κ1) is 25.7. The van der Waals surface area contributed by atoms with Crippen molar-refractivity contribution >= 4 is 51.3 Å². The van der Waals surface area contributed by atoms with Crippen LogP contribution < -0.4 is 15.0 Å². The van der Waals surface area contributed by atoms with Crippen LogP contribution >= 0.6 is 23.2 Å². The molecule has 2 heterocycles. The average Bonchev–Trinajstić information content (AvgIpc) is 3.41. The summed E-state index contributed by atoms with van der Waals surface area (Å²) in [6.07, 6.45) is 1.50. The first-order valence-electron chi connectivity index (χ1n) is 12.3. The second kappa shape index (κ2) is 10.9. The Kier molecular flexibility index (Phi) is 6.99. The van der Waals surface area contributed by atoms with Gasteiger partial charge in [-0.05, 0) is 48.0 Å². The fraction of sp³-hybridized carbons (Fsp3) is 0.0645. The quantitative estimate of drug-likeness (QED) is 0.185. The Labute approximate surface area is 238 Å². The monoisotopic (exact) mass is 569 g/mol. The Hall–Kier alpha value is -4.59. The molecule has 0 unspecified atom stereocenters. The third-order valence-corrected chi connectivity index (χ3v) is 6.75. The molecule has 2 aromatic heterocycles. The minimum absolute atomic E-state index is 0.248. The average molecular weight is 570 g/mol. The van der Waals surface area contributed by atoms with Crippen LogP contribution in [0.1, 0.15) is 11.1 Å². The molecule has 0 atom stereocenters. The molecular weight excluding hydrogens is 549 g/mol. The Bertz CT molecular complexity index is 1910. The van der Waals surface area contributed by atoms with Crippen LogP contribution in [-0.2, 0) is 6.61 Å². The summed E-state index contributed by atoms with van der Waals surface area (Å²) in [4.78, 5) is 18.4. The van der Waals surface area contributed by atoms with Crippen LogP contribution in [0, 0.1) is 0 Å². The van der Waals surface area contributed by atoms with Gasteiger partial charge >= 0.3 is 0 Å². The van der Waals surface area contributed by atoms with Gasteiger partial charge in [-0.25, -0.2) is 4.98 Å². The van der Waals surface area contributed by atoms with Gasteiger partial charge in [-0.15, -0.1) is 0 Å². The lowest BCUT2D eigenvalue weighted by Crippen LogP contribution is -2.20. The smallest absolute Gasteiger partial charge is 0.282 e. The van der Waals surface area contributed by atoms with Crippen molar-refractivity contribution in [3.63, 3.8) is 0 Å². The lowest BCUT2D eigenvalue weighted by atomic mass is 10.2. The normalized spacial score (nSPS) is 11.5. The zero-order chi connectivity index (χ0) is 27.6. The number of hydrogen-bond acceptors (Lipinski definition) is 6. The second-order valence-corrected chi connectivity index (χ2v) is 9.78. The topological polar surface area (TPSA) is 78.9 Å². The molecule has 40 heavy (non-hydrogen) atoms. The highest BCUT2D eigenvalue weighted by Crippen LogP contribution is 2.35. The number of fused-ring (bicyclic) bond motifs is 2. The van der Waals surface area contributed by atoms with Gasteiger partial charge in [-0.1, -0.05) is 65.7 Å². The van der Waals surface area contributed by atoms with Gasteiger partial charge in [0.2, 0.25) is 5.82 Å². The van der Waals surface area contributed by atoms with E-state index in [1.165, 1.54) is 18.0 Å². The number of para-hydroxylation sites is 2. The molecule has 4 aromatic carbocycles. The van der Waals surface area contributed by atoms with Gasteiger partial charge in [-0.3, -0.25) is 4.79 Å². The van der Waals surface area contributed by atoms with E-state index >= 15 is 0 Å². The summed E-state index contributed by atoms with van der Waals surface area (Å²) < 4.78 is 19.0. The van der Waals surface area contributed by atoms with Gasteiger partial charge in [-0.2, -0.15) is 9.78 Å². The van der Waals surface area contributed by atoms with Gasteiger partial charge in [0.05, 0.1) is 24.2 Å². The minimum Gasteiger partial charge on any atom is -0.493 e. The SMILES string of the molecule is COc1cc(Cl)cc(C=Nn2c(-c3cc4ccccc4o3)nc3ccccc3c2=O)c1OCc1ccc(Cl)cc1. The predicted molar refractivity (Wildman–Crippen MR) is 158 cm³/mol. The molecule has 0 amide bonds. The molecule has 0 aliphatic carbocycles. The van der Waals surface area contributed by atoms with Crippen molar-refractivity contribution < 1.29 is 13.9 Å². The summed E-state index contributed by atoms with van der Waals surface area (Å²) in [5.74, 6) is 1.50. The van der Waals surface area contributed by atoms with Gasteiger partial charge in [0, 0.05) is 27.1 Å². The third kappa shape index (κ3) is 5.04. The van der Waals surface area contributed by atoms with Crippen molar-refractivity contribution in [2.24, 2.45) is 5.10 Å². The van der Waals surface area contributed by atoms with E-state index in [4.69, 9.17) is 42.1 Å². The van der Waals surface area contributed by atoms with Crippen LogP contribution in [-0.4, -0.2) is 23.0 Å². The first-order chi connectivity index (χ1) is 19.5. The van der Waals surface area contributed by atoms with Crippen molar-refractivity contribution in [3.8, 4) is 23.1 Å². The number of aromatic nitrogens is 2. The molecule has 0 spiro atoms. The number of methoxy groups -OCH3 is 1. The highest BCUT2D eigenvalue weighted by Gasteiger charge is 2.17. The fourth-order valence-electron chi connectivity index (χ4n) is 4.33. The van der Waals surface area contributed by atoms with Crippen molar-refractivity contribution in [1.82, 2.24) is 9.66 Å². The van der Waals surface area contributed by atoms with E-state index in [9.17, 15) is 4.79 Å². The highest BCUT2D eigenvalue weighted by atomic mass is 35.5. The fourth-order valence-corrected chi connectivity index (χ4v) is 4.67. The van der Waals surface area contributed by atoms with E-state index in [1.54, 1.807) is 42.5 Å². The lowest BCUT2D eigenvalue weighted by Gasteiger charge is -2.14. The molecule has 9 heteroatoms. The maximum absolute atomic E-state index is 13.6. The number of hydrogen-bond donors (Lipinski definition) is 0. The molecule has 0 saturated heterocycles. The molecule has 0 aliphatic heterocycles. The van der Waals surface area contributed by atoms with E-state index in [-0.39, 0.29) is 18.0 Å². The second-order valence-electron chi connectivity index (χ2n) is 8.90. The molecule has 0 N–H and O–H groups in total. The minimum atomic E-state index is -0.352. The van der Waals surface area contributed by atoms with E-state index in [1.807, 2.05) is 48.5 Å². The largest absolute Gasteiger partial charge is 0.493 e. The molecular formula is C31H21Cl2N3O4. The number of ether oxygens (including phenoxy) is 2. The molecule has 0 saturated carbocycles. The number of benzene rings is 4. The Morgan fingerprint density at radius 1 is 0.950 bits per heavy atom. The van der Waals surface area contributed by atoms with Crippen LogP contribution in [0.2, 0.25) is 10.0 Å². The van der Waals surface area contributed by atoms with Crippen LogP contribution in [0.5, 0.6) is 11.5 Å². The van der Waals surface area contributed by atoms with E-state index < -0.39 is 0 Å². The molecule has 6 aromatic rings. The first-order valence-corrected chi connectivity index (χ1v) is 13.1. The van der Waals surface area contributed by atoms with Gasteiger partial charge < -0.3 is 13.9 Å². The number of nitrogens with zero attached hydrogens (tertiary/aromatic N) is 3. The van der Waals surface area contributed by atoms with Crippen molar-refractivity contribution in [2.75, 3.05) is 7.11 Å². The zero-order valence-corrected chi connectivity index (χ0v) is 22.7. The number of rotatable bonds is 7. The molecule has 6 rings (SSSR count). The van der Waals surface area contributed by atoms with Crippen LogP contribution in [0.15, 0.2) is 105 Å². The molecule has 0 bridgehead atoms. The predicted octanol–water partition coefficient (Wildman–Crippen LogP) is 7.59. The summed E-state index contributed by atoms with van der Waals surface area (Å²) in [5.41, 5.74) is 2.27. The summed E-state index contributed by atoms with van der Waals surface area (Å²) in [6.45, 7) is 0.248. The maximum Gasteiger partial charge on any atom is 0.282 e. The molecule has 0 radical (unpaired) electrons. The van der Waals surface area contributed by atoms with Gasteiger partial charge in [0.15, 0.2) is 17.3 Å². The van der Waals surface area contributed by atoms with E-state index in [0.29, 0.717) is 49.4 Å². The Balaban J connectivity index is 1.47. The van der Waals surface area contributed by atoms with Crippen LogP contribution in [0.3, 0.4) is 0 Å². The van der Waals surface area contributed by atoms with Gasteiger partial charge in [0.1, 0.15) is 12.2 Å². The summed E-state index contributed by atoms with van der Waals surface area (Å²) in [7, 11) is 1.53. The van der Waals surface area contributed by atoms with Crippen LogP contribution in [0.25, 0.3) is 33.5 Å². The van der Waals surface area contributed by atoms with Gasteiger partial charge in [0.25, 0.3) is 5.56 Å². The summed E-state index contributed by atoms with van der Waals surface area (Å²) in [6, 6.07) is 27.2. The lowest BCUT2D eigenvalue weighted by molar-refractivity contribution is 0.284. The van der Waals surface area contributed by atoms with Crippen molar-refractivity contribution in [3.05, 3.63) is 123 Å². The standard InChI is InChI=1S/C31H21Cl2N3O4/c1-38-27-16-23(33)14-21(29(27)39-18-19-10-12-22(32)13-11-19)17-34-36-30(28-15-20-6-2-5-9-26(20)40-28)35-25-8-4-3-7-24(25)31(36)37/h2-17H,18H2,1H3. The highest BCUT2D eigenvalue weighted by molar-refractivity contribution is 6.31. The molecule has 7 nitrogen and oxygen atoms in total. The number of furan rings is 1. The molecule has 0 aliphatic rings. The zero-order valence-electron chi connectivity index (χ0n) is 21.2. The molecule has 198 valence electrons. The molecule has 0 fully saturated rings.